The largest absolute Gasteiger partial charge is 0.461 e. The smallest absolute Gasteiger partial charge is 0.302 e. The Morgan fingerprint density at radius 3 is 2.67 bits per heavy atom. The lowest BCUT2D eigenvalue weighted by Crippen LogP contribution is -2.16. The van der Waals surface area contributed by atoms with Crippen LogP contribution < -0.4 is 0 Å². The number of hydrogen-bond acceptors (Lipinski definition) is 2. The van der Waals surface area contributed by atoms with Crippen LogP contribution in [0.2, 0.25) is 0 Å². The molecule has 0 aromatic carbocycles. The van der Waals surface area contributed by atoms with Crippen molar-refractivity contribution in [3.8, 4) is 0 Å². The van der Waals surface area contributed by atoms with Crippen molar-refractivity contribution >= 4 is 5.97 Å². The van der Waals surface area contributed by atoms with Gasteiger partial charge in [-0.15, -0.1) is 0 Å². The van der Waals surface area contributed by atoms with Gasteiger partial charge < -0.3 is 4.74 Å². The molecule has 0 amide bonds. The van der Waals surface area contributed by atoms with Gasteiger partial charge in [0.25, 0.3) is 0 Å². The fourth-order valence-electron chi connectivity index (χ4n) is 1.38. The highest BCUT2D eigenvalue weighted by Gasteiger charge is 2.23. The van der Waals surface area contributed by atoms with Crippen LogP contribution in [0.3, 0.4) is 0 Å². The quantitative estimate of drug-likeness (QED) is 0.524. The standard InChI is InChI=1S/C13H18O2/c1-10(2)13(4)7-5-12(6-8-13)9-15-11(3)14/h5-7H,1,8-9H2,2-4H3. The molecule has 0 aliphatic heterocycles. The van der Waals surface area contributed by atoms with Gasteiger partial charge >= 0.3 is 5.97 Å². The molecule has 0 bridgehead atoms. The van der Waals surface area contributed by atoms with Crippen LogP contribution in [0.4, 0.5) is 0 Å². The predicted octanol–water partition coefficient (Wildman–Crippen LogP) is 3.02. The molecule has 0 aromatic rings. The summed E-state index contributed by atoms with van der Waals surface area (Å²) in [6.45, 7) is 9.97. The summed E-state index contributed by atoms with van der Waals surface area (Å²) in [5.74, 6) is -0.238. The Kier molecular flexibility index (Phi) is 3.51. The third-order valence-electron chi connectivity index (χ3n) is 2.87. The molecule has 0 saturated carbocycles. The second kappa shape index (κ2) is 4.47. The molecular formula is C13H18O2. The SMILES string of the molecule is C=C(C)C1(C)C=CC(COC(C)=O)=CC1. The van der Waals surface area contributed by atoms with Crippen LogP contribution in [0.5, 0.6) is 0 Å². The van der Waals surface area contributed by atoms with Crippen molar-refractivity contribution in [3.05, 3.63) is 36.0 Å². The second-order valence-corrected chi connectivity index (χ2v) is 4.29. The van der Waals surface area contributed by atoms with Crippen LogP contribution in [-0.2, 0) is 9.53 Å². The third kappa shape index (κ3) is 3.08. The summed E-state index contributed by atoms with van der Waals surface area (Å²) in [5, 5.41) is 0. The highest BCUT2D eigenvalue weighted by Crippen LogP contribution is 2.35. The van der Waals surface area contributed by atoms with Gasteiger partial charge in [-0.1, -0.05) is 37.3 Å². The first-order chi connectivity index (χ1) is 6.94. The van der Waals surface area contributed by atoms with Gasteiger partial charge in [-0.25, -0.2) is 0 Å². The van der Waals surface area contributed by atoms with Gasteiger partial charge in [0.1, 0.15) is 6.61 Å². The highest BCUT2D eigenvalue weighted by atomic mass is 16.5. The molecule has 82 valence electrons. The molecule has 1 unspecified atom stereocenters. The van der Waals surface area contributed by atoms with Crippen LogP contribution >= 0.6 is 0 Å². The van der Waals surface area contributed by atoms with E-state index < -0.39 is 0 Å². The first-order valence-electron chi connectivity index (χ1n) is 5.12. The zero-order chi connectivity index (χ0) is 11.5. The second-order valence-electron chi connectivity index (χ2n) is 4.29. The number of allylic oxidation sites excluding steroid dienone is 3. The molecule has 0 radical (unpaired) electrons. The minimum Gasteiger partial charge on any atom is -0.461 e. The first kappa shape index (κ1) is 11.8. The van der Waals surface area contributed by atoms with Crippen molar-refractivity contribution in [3.63, 3.8) is 0 Å². The molecule has 2 heteroatoms. The molecule has 0 spiro atoms. The Morgan fingerprint density at radius 1 is 1.60 bits per heavy atom. The number of ether oxygens (including phenoxy) is 1. The molecule has 1 aliphatic rings. The fraction of sp³-hybridized carbons (Fsp3) is 0.462. The Morgan fingerprint density at radius 2 is 2.27 bits per heavy atom. The molecular weight excluding hydrogens is 188 g/mol. The molecule has 1 aliphatic carbocycles. The van der Waals surface area contributed by atoms with E-state index in [-0.39, 0.29) is 11.4 Å². The van der Waals surface area contributed by atoms with E-state index in [2.05, 4.69) is 25.7 Å². The summed E-state index contributed by atoms with van der Waals surface area (Å²) >= 11 is 0. The average Bonchev–Trinajstić information content (AvgIpc) is 2.16. The fourth-order valence-corrected chi connectivity index (χ4v) is 1.38. The number of rotatable bonds is 3. The summed E-state index contributed by atoms with van der Waals surface area (Å²) in [7, 11) is 0. The maximum atomic E-state index is 10.6. The summed E-state index contributed by atoms with van der Waals surface area (Å²) in [5.41, 5.74) is 2.27. The van der Waals surface area contributed by atoms with Crippen molar-refractivity contribution in [1.29, 1.82) is 0 Å². The van der Waals surface area contributed by atoms with Gasteiger partial charge in [-0.3, -0.25) is 4.79 Å². The van der Waals surface area contributed by atoms with E-state index in [9.17, 15) is 4.79 Å². The van der Waals surface area contributed by atoms with E-state index in [1.807, 2.05) is 13.0 Å². The van der Waals surface area contributed by atoms with E-state index in [1.54, 1.807) is 0 Å². The van der Waals surface area contributed by atoms with Crippen LogP contribution in [0.25, 0.3) is 0 Å². The molecule has 0 heterocycles. The maximum Gasteiger partial charge on any atom is 0.302 e. The molecule has 1 rings (SSSR count). The molecule has 1 atom stereocenters. The third-order valence-corrected chi connectivity index (χ3v) is 2.87. The monoisotopic (exact) mass is 206 g/mol. The summed E-state index contributed by atoms with van der Waals surface area (Å²) in [6.07, 6.45) is 7.18. The average molecular weight is 206 g/mol. The van der Waals surface area contributed by atoms with Crippen molar-refractivity contribution < 1.29 is 9.53 Å². The van der Waals surface area contributed by atoms with Gasteiger partial charge in [0.05, 0.1) is 0 Å². The topological polar surface area (TPSA) is 26.3 Å². The van der Waals surface area contributed by atoms with Crippen LogP contribution in [-0.4, -0.2) is 12.6 Å². The molecule has 0 fully saturated rings. The molecule has 0 N–H and O–H groups in total. The Bertz CT molecular complexity index is 336. The van der Waals surface area contributed by atoms with E-state index in [0.717, 1.165) is 17.6 Å². The minimum absolute atomic E-state index is 0.0553. The summed E-state index contributed by atoms with van der Waals surface area (Å²) < 4.78 is 4.93. The minimum atomic E-state index is -0.238. The van der Waals surface area contributed by atoms with Crippen LogP contribution in [0, 0.1) is 5.41 Å². The van der Waals surface area contributed by atoms with Crippen molar-refractivity contribution in [2.75, 3.05) is 6.61 Å². The lowest BCUT2D eigenvalue weighted by atomic mass is 9.77. The zero-order valence-corrected chi connectivity index (χ0v) is 9.67. The van der Waals surface area contributed by atoms with Crippen molar-refractivity contribution in [2.45, 2.75) is 27.2 Å². The van der Waals surface area contributed by atoms with Crippen LogP contribution in [0.15, 0.2) is 36.0 Å². The van der Waals surface area contributed by atoms with E-state index in [0.29, 0.717) is 6.61 Å². The summed E-state index contributed by atoms with van der Waals surface area (Å²) in [6, 6.07) is 0. The first-order valence-corrected chi connectivity index (χ1v) is 5.12. The number of carbonyl (C=O) groups excluding carboxylic acids is 1. The molecule has 2 nitrogen and oxygen atoms in total. The number of esters is 1. The number of carbonyl (C=O) groups is 1. The van der Waals surface area contributed by atoms with Crippen LogP contribution in [0.1, 0.15) is 27.2 Å². The van der Waals surface area contributed by atoms with Gasteiger partial charge in [0.15, 0.2) is 0 Å². The van der Waals surface area contributed by atoms with Gasteiger partial charge in [-0.2, -0.15) is 0 Å². The highest BCUT2D eigenvalue weighted by molar-refractivity contribution is 5.66. The molecule has 0 saturated heterocycles. The Labute approximate surface area is 91.3 Å². The van der Waals surface area contributed by atoms with Gasteiger partial charge in [-0.05, 0) is 18.9 Å². The van der Waals surface area contributed by atoms with Gasteiger partial charge in [0.2, 0.25) is 0 Å². The van der Waals surface area contributed by atoms with Crippen molar-refractivity contribution in [1.82, 2.24) is 0 Å². The lowest BCUT2D eigenvalue weighted by molar-refractivity contribution is -0.139. The van der Waals surface area contributed by atoms with Crippen molar-refractivity contribution in [2.24, 2.45) is 5.41 Å². The normalized spacial score (nSPS) is 24.6. The van der Waals surface area contributed by atoms with E-state index in [4.69, 9.17) is 4.74 Å². The number of hydrogen-bond donors (Lipinski definition) is 0. The Hall–Kier alpha value is -1.31. The van der Waals surface area contributed by atoms with Gasteiger partial charge in [0, 0.05) is 12.3 Å². The molecule has 0 aromatic heterocycles. The Balaban J connectivity index is 2.57. The molecule has 15 heavy (non-hydrogen) atoms. The predicted molar refractivity (Wildman–Crippen MR) is 61.4 cm³/mol. The zero-order valence-electron chi connectivity index (χ0n) is 9.67. The maximum absolute atomic E-state index is 10.6. The summed E-state index contributed by atoms with van der Waals surface area (Å²) in [4.78, 5) is 10.6. The van der Waals surface area contributed by atoms with E-state index in [1.165, 1.54) is 6.92 Å². The lowest BCUT2D eigenvalue weighted by Gasteiger charge is -2.28. The van der Waals surface area contributed by atoms with E-state index >= 15 is 0 Å².